The van der Waals surface area contributed by atoms with Crippen LogP contribution >= 0.6 is 0 Å². The zero-order valence-corrected chi connectivity index (χ0v) is 5.55. The van der Waals surface area contributed by atoms with Gasteiger partial charge in [-0.2, -0.15) is 0 Å². The van der Waals surface area contributed by atoms with Crippen molar-refractivity contribution in [3.05, 3.63) is 18.0 Å². The molecule has 0 aliphatic carbocycles. The highest BCUT2D eigenvalue weighted by molar-refractivity contribution is 4.86. The lowest BCUT2D eigenvalue weighted by Crippen LogP contribution is -1.95. The van der Waals surface area contributed by atoms with Crippen molar-refractivity contribution in [1.29, 1.82) is 0 Å². The molecule has 1 heterocycles. The van der Waals surface area contributed by atoms with Gasteiger partial charge in [-0.25, -0.2) is 15.0 Å². The molecule has 1 rings (SSSR count). The Bertz CT molecular complexity index is 216. The van der Waals surface area contributed by atoms with Crippen LogP contribution in [0.25, 0.3) is 0 Å². The molecule has 0 radical (unpaired) electrons. The Kier molecular flexibility index (Phi) is 1.36. The third-order valence-corrected chi connectivity index (χ3v) is 0.998. The van der Waals surface area contributed by atoms with Crippen molar-refractivity contribution in [1.82, 2.24) is 15.0 Å². The molecule has 0 aromatic carbocycles. The molecule has 0 spiro atoms. The fourth-order valence-electron chi connectivity index (χ4n) is 0.550. The van der Waals surface area contributed by atoms with E-state index in [2.05, 4.69) is 15.0 Å². The van der Waals surface area contributed by atoms with Gasteiger partial charge in [0.15, 0.2) is 0 Å². The second kappa shape index (κ2) is 2.53. The summed E-state index contributed by atoms with van der Waals surface area (Å²) in [4.78, 5) is 11.5. The van der Waals surface area contributed by atoms with Gasteiger partial charge in [-0.05, 0) is 6.92 Å². The van der Waals surface area contributed by atoms with Crippen LogP contribution in [0.4, 0.5) is 0 Å². The molecule has 0 aliphatic heterocycles. The largest absolute Gasteiger partial charge is 0.222 e. The summed E-state index contributed by atoms with van der Waals surface area (Å²) in [6.07, 6.45) is 0.819. The molecule has 0 amide bonds. The Morgan fingerprint density at radius 2 is 2.44 bits per heavy atom. The van der Waals surface area contributed by atoms with Gasteiger partial charge in [0.25, 0.3) is 0 Å². The highest BCUT2D eigenvalue weighted by atomic mass is 15.0. The molecule has 3 heteroatoms. The van der Waals surface area contributed by atoms with Gasteiger partial charge < -0.3 is 0 Å². The van der Waals surface area contributed by atoms with Gasteiger partial charge in [0.05, 0.1) is 0 Å². The number of rotatable bonds is 1. The maximum Gasteiger partial charge on any atom is 0.131 e. The van der Waals surface area contributed by atoms with E-state index < -0.39 is 0 Å². The van der Waals surface area contributed by atoms with Crippen LogP contribution in [0.15, 0.2) is 6.30 Å². The van der Waals surface area contributed by atoms with Crippen LogP contribution < -0.4 is 0 Å². The van der Waals surface area contributed by atoms with Crippen LogP contribution in [0, 0.1) is 6.92 Å². The first kappa shape index (κ1) is 4.85. The summed E-state index contributed by atoms with van der Waals surface area (Å²) in [6, 6.07) is 0. The van der Waals surface area contributed by atoms with E-state index in [4.69, 9.17) is 1.37 Å². The van der Waals surface area contributed by atoms with Crippen LogP contribution in [0.2, 0.25) is 0 Å². The van der Waals surface area contributed by atoms with Gasteiger partial charge in [0, 0.05) is 6.42 Å². The second-order valence-electron chi connectivity index (χ2n) is 1.75. The predicted molar refractivity (Wildman–Crippen MR) is 33.9 cm³/mol. The monoisotopic (exact) mass is 125 g/mol. The Hall–Kier alpha value is -0.990. The van der Waals surface area contributed by atoms with Crippen molar-refractivity contribution in [2.24, 2.45) is 0 Å². The topological polar surface area (TPSA) is 38.7 Å². The van der Waals surface area contributed by atoms with Crippen LogP contribution in [0.5, 0.6) is 0 Å². The molecule has 0 bridgehead atoms. The van der Waals surface area contributed by atoms with Crippen molar-refractivity contribution < 1.29 is 1.37 Å². The Labute approximate surface area is 55.6 Å². The Balaban J connectivity index is 3.06. The Morgan fingerprint density at radius 1 is 1.67 bits per heavy atom. The summed E-state index contributed by atoms with van der Waals surface area (Å²) < 4.78 is 7.12. The molecular weight excluding hydrogens is 114 g/mol. The number of hydrogen-bond donors (Lipinski definition) is 0. The smallest absolute Gasteiger partial charge is 0.131 e. The summed E-state index contributed by atoms with van der Waals surface area (Å²) >= 11 is 0. The van der Waals surface area contributed by atoms with Crippen LogP contribution in [-0.4, -0.2) is 15.0 Å². The second-order valence-corrected chi connectivity index (χ2v) is 1.75. The molecular formula is C6H9N3. The third kappa shape index (κ3) is 1.45. The Morgan fingerprint density at radius 3 is 3.00 bits per heavy atom. The number of aryl methyl sites for hydroxylation is 2. The normalized spacial score (nSPS) is 11.1. The molecule has 0 unspecified atom stereocenters. The summed E-state index contributed by atoms with van der Waals surface area (Å²) in [6.45, 7) is 3.72. The first-order chi connectivity index (χ1) is 4.72. The van der Waals surface area contributed by atoms with Crippen LogP contribution in [0.3, 0.4) is 0 Å². The van der Waals surface area contributed by atoms with E-state index in [9.17, 15) is 0 Å². The highest BCUT2D eigenvalue weighted by Gasteiger charge is 1.90. The minimum atomic E-state index is 0.0596. The van der Waals surface area contributed by atoms with E-state index in [1.165, 1.54) is 0 Å². The van der Waals surface area contributed by atoms with E-state index in [0.29, 0.717) is 11.6 Å². The van der Waals surface area contributed by atoms with Gasteiger partial charge in [-0.3, -0.25) is 0 Å². The van der Waals surface area contributed by atoms with Gasteiger partial charge in [-0.1, -0.05) is 6.92 Å². The van der Waals surface area contributed by atoms with Crippen LogP contribution in [0.1, 0.15) is 19.9 Å². The fraction of sp³-hybridized carbons (Fsp3) is 0.500. The molecule has 1 aromatic rings. The lowest BCUT2D eigenvalue weighted by molar-refractivity contribution is 0.862. The first-order valence-corrected chi connectivity index (χ1v) is 2.90. The maximum atomic E-state index is 7.12. The zero-order chi connectivity index (χ0) is 7.56. The number of hydrogen-bond acceptors (Lipinski definition) is 3. The van der Waals surface area contributed by atoms with Gasteiger partial charge in [0.1, 0.15) is 19.3 Å². The summed E-state index contributed by atoms with van der Waals surface area (Å²) in [5.41, 5.74) is 0. The third-order valence-electron chi connectivity index (χ3n) is 0.998. The van der Waals surface area contributed by atoms with E-state index in [-0.39, 0.29) is 6.30 Å². The molecule has 0 N–H and O–H groups in total. The van der Waals surface area contributed by atoms with Gasteiger partial charge in [-0.15, -0.1) is 0 Å². The fourth-order valence-corrected chi connectivity index (χ4v) is 0.550. The van der Waals surface area contributed by atoms with Gasteiger partial charge in [0.2, 0.25) is 0 Å². The molecule has 0 atom stereocenters. The van der Waals surface area contributed by atoms with Crippen molar-refractivity contribution in [2.75, 3.05) is 0 Å². The molecule has 48 valence electrons. The van der Waals surface area contributed by atoms with Crippen molar-refractivity contribution in [3.8, 4) is 0 Å². The zero-order valence-electron chi connectivity index (χ0n) is 6.55. The quantitative estimate of drug-likeness (QED) is 0.555. The molecule has 0 saturated heterocycles. The summed E-state index contributed by atoms with van der Waals surface area (Å²) in [5.74, 6) is 1.31. The first-order valence-electron chi connectivity index (χ1n) is 3.40. The average Bonchev–Trinajstić information content (AvgIpc) is 1.85. The van der Waals surface area contributed by atoms with Crippen molar-refractivity contribution in [2.45, 2.75) is 20.3 Å². The molecule has 0 fully saturated rings. The minimum Gasteiger partial charge on any atom is -0.222 e. The summed E-state index contributed by atoms with van der Waals surface area (Å²) in [5, 5.41) is 0. The number of nitrogens with zero attached hydrogens (tertiary/aromatic N) is 3. The van der Waals surface area contributed by atoms with Crippen LogP contribution in [-0.2, 0) is 6.42 Å². The molecule has 1 aromatic heterocycles. The molecule has 0 aliphatic rings. The lowest BCUT2D eigenvalue weighted by Gasteiger charge is -1.92. The average molecular weight is 125 g/mol. The highest BCUT2D eigenvalue weighted by Crippen LogP contribution is 1.88. The van der Waals surface area contributed by atoms with E-state index >= 15 is 0 Å². The van der Waals surface area contributed by atoms with E-state index in [0.717, 1.165) is 6.42 Å². The molecule has 3 nitrogen and oxygen atoms in total. The van der Waals surface area contributed by atoms with E-state index in [1.54, 1.807) is 6.92 Å². The van der Waals surface area contributed by atoms with E-state index in [1.807, 2.05) is 6.92 Å². The number of aromatic nitrogens is 3. The lowest BCUT2D eigenvalue weighted by atomic mass is 10.4. The standard InChI is InChI=1S/C6H9N3/c1-3-6-8-4-7-5(2)9-6/h4H,3H2,1-2H3/i4T. The van der Waals surface area contributed by atoms with Crippen molar-refractivity contribution >= 4 is 0 Å². The predicted octanol–water partition coefficient (Wildman–Crippen LogP) is 0.742. The SMILES string of the molecule is [3H]c1nc(C)nc(CC)n1. The minimum absolute atomic E-state index is 0.0596. The summed E-state index contributed by atoms with van der Waals surface area (Å²) in [7, 11) is 0. The van der Waals surface area contributed by atoms with Crippen molar-refractivity contribution in [3.63, 3.8) is 0 Å². The molecule has 9 heavy (non-hydrogen) atoms. The van der Waals surface area contributed by atoms with Gasteiger partial charge >= 0.3 is 0 Å². The molecule has 0 saturated carbocycles. The maximum absolute atomic E-state index is 7.12.